The van der Waals surface area contributed by atoms with Crippen LogP contribution in [0.4, 0.5) is 0 Å². The van der Waals surface area contributed by atoms with Crippen LogP contribution in [0.3, 0.4) is 0 Å². The van der Waals surface area contributed by atoms with Gasteiger partial charge in [0.25, 0.3) is 0 Å². The van der Waals surface area contributed by atoms with Crippen LogP contribution in [0.15, 0.2) is 23.1 Å². The molecule has 0 aliphatic heterocycles. The third-order valence-corrected chi connectivity index (χ3v) is 2.65. The first kappa shape index (κ1) is 12.6. The van der Waals surface area contributed by atoms with E-state index in [9.17, 15) is 8.76 Å². The van der Waals surface area contributed by atoms with Crippen LogP contribution in [-0.4, -0.2) is 8.76 Å². The molecule has 1 aromatic carbocycles. The fourth-order valence-corrected chi connectivity index (χ4v) is 1.56. The zero-order chi connectivity index (χ0) is 8.43. The molecule has 5 heteroatoms. The van der Waals surface area contributed by atoms with Crippen LogP contribution in [-0.2, 0) is 11.1 Å². The Hall–Kier alpha value is 0.620. The first-order valence-corrected chi connectivity index (χ1v) is 4.42. The molecule has 0 bridgehead atoms. The van der Waals surface area contributed by atoms with E-state index < -0.39 is 11.1 Å². The molecule has 2 nitrogen and oxygen atoms in total. The predicted molar refractivity (Wildman–Crippen MR) is 43.4 cm³/mol. The molecule has 0 aliphatic rings. The second-order valence-electron chi connectivity index (χ2n) is 2.12. The zero-order valence-electron chi connectivity index (χ0n) is 6.83. The summed E-state index contributed by atoms with van der Waals surface area (Å²) < 4.78 is 21.0. The van der Waals surface area contributed by atoms with E-state index in [1.54, 1.807) is 19.1 Å². The van der Waals surface area contributed by atoms with E-state index in [0.717, 1.165) is 5.56 Å². The topological polar surface area (TPSA) is 40.1 Å². The summed E-state index contributed by atoms with van der Waals surface area (Å²) in [5.74, 6) is 0. The van der Waals surface area contributed by atoms with Crippen molar-refractivity contribution in [3.63, 3.8) is 0 Å². The molecular formula is C7H6ClNaO2S. The molecule has 1 unspecified atom stereocenters. The summed E-state index contributed by atoms with van der Waals surface area (Å²) in [4.78, 5) is 0.159. The van der Waals surface area contributed by atoms with Crippen molar-refractivity contribution < 1.29 is 38.3 Å². The number of halogens is 1. The Labute approximate surface area is 101 Å². The second-order valence-corrected chi connectivity index (χ2v) is 3.41. The van der Waals surface area contributed by atoms with E-state index in [-0.39, 0.29) is 34.5 Å². The third kappa shape index (κ3) is 2.83. The normalized spacial score (nSPS) is 11.9. The quantitative estimate of drug-likeness (QED) is 0.438. The minimum atomic E-state index is -2.23. The zero-order valence-corrected chi connectivity index (χ0v) is 10.4. The maximum Gasteiger partial charge on any atom is 1.00 e. The molecule has 0 N–H and O–H groups in total. The van der Waals surface area contributed by atoms with Gasteiger partial charge in [-0.25, -0.2) is 0 Å². The van der Waals surface area contributed by atoms with E-state index in [4.69, 9.17) is 11.6 Å². The predicted octanol–water partition coefficient (Wildman–Crippen LogP) is -1.11. The molecule has 1 aromatic rings. The molecule has 0 radical (unpaired) electrons. The molecule has 1 rings (SSSR count). The molecule has 0 aromatic heterocycles. The van der Waals surface area contributed by atoms with Gasteiger partial charge in [-0.2, -0.15) is 0 Å². The van der Waals surface area contributed by atoms with Gasteiger partial charge in [0.15, 0.2) is 0 Å². The largest absolute Gasteiger partial charge is 1.00 e. The fraction of sp³-hybridized carbons (Fsp3) is 0.143. The van der Waals surface area contributed by atoms with Crippen LogP contribution < -0.4 is 29.6 Å². The fourth-order valence-electron chi connectivity index (χ4n) is 0.749. The summed E-state index contributed by atoms with van der Waals surface area (Å²) >= 11 is 3.46. The van der Waals surface area contributed by atoms with E-state index >= 15 is 0 Å². The molecule has 12 heavy (non-hydrogen) atoms. The van der Waals surface area contributed by atoms with Gasteiger partial charge in [-0.15, -0.1) is 0 Å². The molecule has 0 fully saturated rings. The molecule has 0 amide bonds. The Morgan fingerprint density at radius 2 is 2.08 bits per heavy atom. The summed E-state index contributed by atoms with van der Waals surface area (Å²) in [6, 6.07) is 4.89. The molecule has 0 aliphatic carbocycles. The Morgan fingerprint density at radius 3 is 2.50 bits per heavy atom. The Bertz CT molecular complexity index is 303. The van der Waals surface area contributed by atoms with Crippen LogP contribution in [0.5, 0.6) is 0 Å². The van der Waals surface area contributed by atoms with Crippen molar-refractivity contribution >= 4 is 22.7 Å². The van der Waals surface area contributed by atoms with Crippen molar-refractivity contribution in [2.24, 2.45) is 0 Å². The standard InChI is InChI=1S/C7H7ClO2S.Na/c1-5-3-2-4-6(7(5)8)11(9)10;/h2-4H,1H3,(H,9,10);/q;+1/p-1. The average molecular weight is 213 g/mol. The molecule has 0 saturated heterocycles. The van der Waals surface area contributed by atoms with Gasteiger partial charge in [-0.3, -0.25) is 4.21 Å². The molecule has 0 saturated carbocycles. The van der Waals surface area contributed by atoms with E-state index in [0.29, 0.717) is 5.02 Å². The van der Waals surface area contributed by atoms with Crippen molar-refractivity contribution in [3.8, 4) is 0 Å². The number of hydrogen-bond acceptors (Lipinski definition) is 2. The maximum absolute atomic E-state index is 10.5. The van der Waals surface area contributed by atoms with E-state index in [2.05, 4.69) is 0 Å². The van der Waals surface area contributed by atoms with Crippen LogP contribution >= 0.6 is 11.6 Å². The summed E-state index contributed by atoms with van der Waals surface area (Å²) in [5, 5.41) is 0.306. The van der Waals surface area contributed by atoms with Gasteiger partial charge < -0.3 is 4.55 Å². The maximum atomic E-state index is 10.5. The smallest absolute Gasteiger partial charge is 0.768 e. The number of benzene rings is 1. The van der Waals surface area contributed by atoms with Gasteiger partial charge in [0, 0.05) is 4.90 Å². The Kier molecular flexibility index (Phi) is 5.65. The molecular weight excluding hydrogens is 207 g/mol. The van der Waals surface area contributed by atoms with Crippen LogP contribution in [0.1, 0.15) is 5.56 Å². The summed E-state index contributed by atoms with van der Waals surface area (Å²) in [7, 11) is 0. The minimum Gasteiger partial charge on any atom is -0.768 e. The van der Waals surface area contributed by atoms with Gasteiger partial charge in [0.2, 0.25) is 0 Å². The van der Waals surface area contributed by atoms with E-state index in [1.807, 2.05) is 0 Å². The first-order valence-electron chi connectivity index (χ1n) is 2.97. The van der Waals surface area contributed by atoms with Gasteiger partial charge in [0.05, 0.1) is 5.02 Å². The number of aryl methyl sites for hydroxylation is 1. The van der Waals surface area contributed by atoms with Crippen molar-refractivity contribution in [2.75, 3.05) is 0 Å². The van der Waals surface area contributed by atoms with Crippen molar-refractivity contribution in [2.45, 2.75) is 11.8 Å². The summed E-state index contributed by atoms with van der Waals surface area (Å²) in [6.45, 7) is 1.76. The van der Waals surface area contributed by atoms with Gasteiger partial charge in [-0.1, -0.05) is 23.7 Å². The second kappa shape index (κ2) is 5.37. The van der Waals surface area contributed by atoms with Crippen molar-refractivity contribution in [1.29, 1.82) is 0 Å². The summed E-state index contributed by atoms with van der Waals surface area (Å²) in [6.07, 6.45) is 0. The van der Waals surface area contributed by atoms with Crippen molar-refractivity contribution in [1.82, 2.24) is 0 Å². The Morgan fingerprint density at radius 1 is 1.50 bits per heavy atom. The molecule has 0 heterocycles. The minimum absolute atomic E-state index is 0. The first-order chi connectivity index (χ1) is 5.13. The number of hydrogen-bond donors (Lipinski definition) is 0. The van der Waals surface area contributed by atoms with Crippen LogP contribution in [0, 0.1) is 6.92 Å². The molecule has 1 atom stereocenters. The monoisotopic (exact) mass is 212 g/mol. The molecule has 0 spiro atoms. The van der Waals surface area contributed by atoms with Crippen molar-refractivity contribution in [3.05, 3.63) is 28.8 Å². The summed E-state index contributed by atoms with van der Waals surface area (Å²) in [5.41, 5.74) is 0.772. The SMILES string of the molecule is Cc1cccc(S(=O)[O-])c1Cl.[Na+]. The van der Waals surface area contributed by atoms with Crippen LogP contribution in [0.2, 0.25) is 5.02 Å². The number of rotatable bonds is 1. The van der Waals surface area contributed by atoms with E-state index in [1.165, 1.54) is 6.07 Å². The molecule has 60 valence electrons. The van der Waals surface area contributed by atoms with Gasteiger partial charge >= 0.3 is 29.6 Å². The van der Waals surface area contributed by atoms with Gasteiger partial charge in [-0.05, 0) is 29.6 Å². The third-order valence-electron chi connectivity index (χ3n) is 1.34. The Balaban J connectivity index is 0.00000121. The average Bonchev–Trinajstić information content (AvgIpc) is 1.94. The van der Waals surface area contributed by atoms with Crippen LogP contribution in [0.25, 0.3) is 0 Å². The van der Waals surface area contributed by atoms with Gasteiger partial charge in [0.1, 0.15) is 0 Å².